The van der Waals surface area contributed by atoms with E-state index in [0.717, 1.165) is 17.5 Å². The van der Waals surface area contributed by atoms with Gasteiger partial charge in [0.15, 0.2) is 0 Å². The van der Waals surface area contributed by atoms with Crippen LogP contribution in [0, 0.1) is 18.6 Å². The molecule has 0 aromatic heterocycles. The van der Waals surface area contributed by atoms with Gasteiger partial charge < -0.3 is 4.74 Å². The average Bonchev–Trinajstić information content (AvgIpc) is 2.49. The SMILES string of the molecule is COCCc1ccc(C(Br)c2c(F)ccc(C)c2F)cc1. The van der Waals surface area contributed by atoms with E-state index in [-0.39, 0.29) is 5.56 Å². The summed E-state index contributed by atoms with van der Waals surface area (Å²) in [7, 11) is 1.66. The van der Waals surface area contributed by atoms with E-state index in [9.17, 15) is 8.78 Å². The zero-order valence-corrected chi connectivity index (χ0v) is 13.6. The maximum absolute atomic E-state index is 14.2. The monoisotopic (exact) mass is 354 g/mol. The van der Waals surface area contributed by atoms with Gasteiger partial charge in [-0.25, -0.2) is 8.78 Å². The van der Waals surface area contributed by atoms with Gasteiger partial charge in [0.05, 0.1) is 11.4 Å². The fourth-order valence-electron chi connectivity index (χ4n) is 2.15. The highest BCUT2D eigenvalue weighted by molar-refractivity contribution is 9.09. The second-order valence-electron chi connectivity index (χ2n) is 4.94. The second-order valence-corrected chi connectivity index (χ2v) is 5.85. The normalized spacial score (nSPS) is 12.4. The van der Waals surface area contributed by atoms with Gasteiger partial charge in [-0.1, -0.05) is 46.3 Å². The molecule has 1 unspecified atom stereocenters. The van der Waals surface area contributed by atoms with Gasteiger partial charge in [0.1, 0.15) is 11.6 Å². The predicted octanol–water partition coefficient (Wildman–Crippen LogP) is 4.95. The van der Waals surface area contributed by atoms with Crippen molar-refractivity contribution in [3.63, 3.8) is 0 Å². The van der Waals surface area contributed by atoms with Gasteiger partial charge >= 0.3 is 0 Å². The van der Waals surface area contributed by atoms with Crippen LogP contribution in [0.5, 0.6) is 0 Å². The van der Waals surface area contributed by atoms with Gasteiger partial charge in [0.2, 0.25) is 0 Å². The van der Waals surface area contributed by atoms with Crippen LogP contribution in [0.2, 0.25) is 0 Å². The van der Waals surface area contributed by atoms with E-state index in [1.807, 2.05) is 24.3 Å². The Hall–Kier alpha value is -1.26. The van der Waals surface area contributed by atoms with Crippen LogP contribution in [0.1, 0.15) is 27.1 Å². The summed E-state index contributed by atoms with van der Waals surface area (Å²) in [6.07, 6.45) is 0.816. The molecule has 1 nitrogen and oxygen atoms in total. The molecule has 2 aromatic carbocycles. The number of methoxy groups -OCH3 is 1. The molecule has 0 N–H and O–H groups in total. The van der Waals surface area contributed by atoms with E-state index in [1.54, 1.807) is 14.0 Å². The second kappa shape index (κ2) is 7.14. The molecular weight excluding hydrogens is 338 g/mol. The Labute approximate surface area is 132 Å². The van der Waals surface area contributed by atoms with E-state index < -0.39 is 16.5 Å². The van der Waals surface area contributed by atoms with Crippen LogP contribution in [0.3, 0.4) is 0 Å². The zero-order chi connectivity index (χ0) is 15.4. The number of ether oxygens (including phenoxy) is 1. The Morgan fingerprint density at radius 2 is 1.76 bits per heavy atom. The van der Waals surface area contributed by atoms with Gasteiger partial charge in [0.25, 0.3) is 0 Å². The van der Waals surface area contributed by atoms with Crippen LogP contribution in [-0.2, 0) is 11.2 Å². The summed E-state index contributed by atoms with van der Waals surface area (Å²) in [6, 6.07) is 10.4. The molecule has 1 atom stereocenters. The molecule has 4 heteroatoms. The summed E-state index contributed by atoms with van der Waals surface area (Å²) in [4.78, 5) is -0.506. The molecule has 112 valence electrons. The Bertz CT molecular complexity index is 611. The van der Waals surface area contributed by atoms with Crippen molar-refractivity contribution in [2.75, 3.05) is 13.7 Å². The van der Waals surface area contributed by atoms with Crippen LogP contribution >= 0.6 is 15.9 Å². The van der Waals surface area contributed by atoms with E-state index in [2.05, 4.69) is 15.9 Å². The Morgan fingerprint density at radius 3 is 2.38 bits per heavy atom. The molecule has 0 aliphatic heterocycles. The van der Waals surface area contributed by atoms with Crippen molar-refractivity contribution in [3.05, 3.63) is 70.3 Å². The van der Waals surface area contributed by atoms with Gasteiger partial charge in [-0.2, -0.15) is 0 Å². The number of halogens is 3. The third-order valence-corrected chi connectivity index (χ3v) is 4.43. The van der Waals surface area contributed by atoms with Gasteiger partial charge in [-0.3, -0.25) is 0 Å². The first-order valence-electron chi connectivity index (χ1n) is 6.71. The predicted molar refractivity (Wildman–Crippen MR) is 83.9 cm³/mol. The summed E-state index contributed by atoms with van der Waals surface area (Å²) >= 11 is 3.40. The van der Waals surface area contributed by atoms with E-state index in [4.69, 9.17) is 4.74 Å². The molecular formula is C17H17BrF2O. The topological polar surface area (TPSA) is 9.23 Å². The zero-order valence-electron chi connectivity index (χ0n) is 12.0. The van der Waals surface area contributed by atoms with Crippen molar-refractivity contribution in [1.29, 1.82) is 0 Å². The first kappa shape index (κ1) is 16.1. The van der Waals surface area contributed by atoms with E-state index in [0.29, 0.717) is 12.2 Å². The molecule has 0 bridgehead atoms. The number of alkyl halides is 1. The van der Waals surface area contributed by atoms with E-state index in [1.165, 1.54) is 12.1 Å². The fraction of sp³-hybridized carbons (Fsp3) is 0.294. The highest BCUT2D eigenvalue weighted by Gasteiger charge is 2.20. The van der Waals surface area contributed by atoms with Crippen molar-refractivity contribution >= 4 is 15.9 Å². The van der Waals surface area contributed by atoms with Crippen molar-refractivity contribution in [1.82, 2.24) is 0 Å². The standard InChI is InChI=1S/C17H17BrF2O/c1-11-3-8-14(19)15(17(11)20)16(18)13-6-4-12(5-7-13)9-10-21-2/h3-8,16H,9-10H2,1-2H3. The molecule has 0 fully saturated rings. The molecule has 0 aliphatic carbocycles. The molecule has 0 radical (unpaired) electrons. The van der Waals surface area contributed by atoms with Crippen LogP contribution in [0.15, 0.2) is 36.4 Å². The lowest BCUT2D eigenvalue weighted by Crippen LogP contribution is -2.03. The van der Waals surface area contributed by atoms with Crippen molar-refractivity contribution in [3.8, 4) is 0 Å². The molecule has 0 spiro atoms. The van der Waals surface area contributed by atoms with Gasteiger partial charge in [-0.05, 0) is 36.1 Å². The summed E-state index contributed by atoms with van der Waals surface area (Å²) in [5.41, 5.74) is 2.44. The summed E-state index contributed by atoms with van der Waals surface area (Å²) in [5.74, 6) is -1.04. The first-order chi connectivity index (χ1) is 10.0. The van der Waals surface area contributed by atoms with Gasteiger partial charge in [-0.15, -0.1) is 0 Å². The van der Waals surface area contributed by atoms with Crippen LogP contribution < -0.4 is 0 Å². The molecule has 0 saturated carbocycles. The first-order valence-corrected chi connectivity index (χ1v) is 7.62. The molecule has 0 amide bonds. The third kappa shape index (κ3) is 3.69. The molecule has 21 heavy (non-hydrogen) atoms. The smallest absolute Gasteiger partial charge is 0.133 e. The lowest BCUT2D eigenvalue weighted by Gasteiger charge is -2.14. The number of benzene rings is 2. The maximum atomic E-state index is 14.2. The van der Waals surface area contributed by atoms with Crippen molar-refractivity contribution in [2.45, 2.75) is 18.2 Å². The van der Waals surface area contributed by atoms with Crippen LogP contribution in [0.25, 0.3) is 0 Å². The Kier molecular flexibility index (Phi) is 5.48. The van der Waals surface area contributed by atoms with Crippen LogP contribution in [-0.4, -0.2) is 13.7 Å². The van der Waals surface area contributed by atoms with Crippen molar-refractivity contribution < 1.29 is 13.5 Å². The quantitative estimate of drug-likeness (QED) is 0.690. The molecule has 2 rings (SSSR count). The number of rotatable bonds is 5. The lowest BCUT2D eigenvalue weighted by atomic mass is 10.00. The lowest BCUT2D eigenvalue weighted by molar-refractivity contribution is 0.202. The fourth-order valence-corrected chi connectivity index (χ4v) is 2.88. The maximum Gasteiger partial charge on any atom is 0.133 e. The van der Waals surface area contributed by atoms with Crippen LogP contribution in [0.4, 0.5) is 8.78 Å². The average molecular weight is 355 g/mol. The minimum Gasteiger partial charge on any atom is -0.384 e. The molecule has 2 aromatic rings. The minimum absolute atomic E-state index is 0.0552. The third-order valence-electron chi connectivity index (χ3n) is 3.44. The number of aryl methyl sites for hydroxylation is 1. The minimum atomic E-state index is -0.538. The summed E-state index contributed by atoms with van der Waals surface area (Å²) < 4.78 is 33.1. The van der Waals surface area contributed by atoms with E-state index >= 15 is 0 Å². The number of hydrogen-bond acceptors (Lipinski definition) is 1. The largest absolute Gasteiger partial charge is 0.384 e. The highest BCUT2D eigenvalue weighted by Crippen LogP contribution is 2.35. The number of hydrogen-bond donors (Lipinski definition) is 0. The Morgan fingerprint density at radius 1 is 1.10 bits per heavy atom. The highest BCUT2D eigenvalue weighted by atomic mass is 79.9. The molecule has 0 heterocycles. The van der Waals surface area contributed by atoms with Gasteiger partial charge in [0, 0.05) is 12.7 Å². The molecule has 0 saturated heterocycles. The Balaban J connectivity index is 2.28. The van der Waals surface area contributed by atoms with Crippen molar-refractivity contribution in [2.24, 2.45) is 0 Å². The molecule has 0 aliphatic rings. The summed E-state index contributed by atoms with van der Waals surface area (Å²) in [6.45, 7) is 2.28. The summed E-state index contributed by atoms with van der Waals surface area (Å²) in [5, 5.41) is 0.